The maximum absolute atomic E-state index is 10.8. The van der Waals surface area contributed by atoms with E-state index in [1.54, 1.807) is 11.3 Å². The summed E-state index contributed by atoms with van der Waals surface area (Å²) in [5.41, 5.74) is 1.75. The highest BCUT2D eigenvalue weighted by molar-refractivity contribution is 7.17. The second-order valence-corrected chi connectivity index (χ2v) is 5.85. The molecule has 3 rings (SSSR count). The topological polar surface area (TPSA) is 55.2 Å². The Balaban J connectivity index is 1.84. The van der Waals surface area contributed by atoms with Gasteiger partial charge in [-0.25, -0.2) is 0 Å². The molecule has 106 valence electrons. The normalized spacial score (nSPS) is 10.7. The summed E-state index contributed by atoms with van der Waals surface area (Å²) in [4.78, 5) is 10.4. The molecule has 4 nitrogen and oxygen atoms in total. The number of rotatable bonds is 4. The minimum absolute atomic E-state index is 0.0251. The van der Waals surface area contributed by atoms with Gasteiger partial charge in [0.1, 0.15) is 0 Å². The molecule has 1 N–H and O–H groups in total. The van der Waals surface area contributed by atoms with E-state index in [0.29, 0.717) is 17.3 Å². The van der Waals surface area contributed by atoms with Crippen LogP contribution in [0.2, 0.25) is 5.02 Å². The Morgan fingerprint density at radius 3 is 2.86 bits per heavy atom. The molecule has 0 spiro atoms. The molecule has 1 heterocycles. The molecule has 1 aromatic heterocycles. The average molecular weight is 319 g/mol. The van der Waals surface area contributed by atoms with Crippen molar-refractivity contribution in [2.45, 2.75) is 6.54 Å². The van der Waals surface area contributed by atoms with Crippen LogP contribution in [0.5, 0.6) is 0 Å². The Morgan fingerprint density at radius 2 is 2.05 bits per heavy atom. The number of hydrogen-bond donors (Lipinski definition) is 1. The van der Waals surface area contributed by atoms with Crippen molar-refractivity contribution in [3.8, 4) is 0 Å². The monoisotopic (exact) mass is 318 g/mol. The van der Waals surface area contributed by atoms with Gasteiger partial charge in [-0.3, -0.25) is 10.1 Å². The zero-order valence-electron chi connectivity index (χ0n) is 10.9. The van der Waals surface area contributed by atoms with E-state index in [1.807, 2.05) is 12.1 Å². The molecule has 0 aliphatic rings. The lowest BCUT2D eigenvalue weighted by Crippen LogP contribution is -2.00. The molecule has 6 heteroatoms. The number of nitrogens with one attached hydrogen (secondary N) is 1. The first kappa shape index (κ1) is 13.9. The van der Waals surface area contributed by atoms with Gasteiger partial charge in [-0.15, -0.1) is 11.3 Å². The molecule has 0 amide bonds. The zero-order valence-corrected chi connectivity index (χ0v) is 12.4. The molecule has 0 radical (unpaired) electrons. The third-order valence-electron chi connectivity index (χ3n) is 3.19. The van der Waals surface area contributed by atoms with Gasteiger partial charge >= 0.3 is 0 Å². The molecule has 0 bridgehead atoms. The number of hydrogen-bond acceptors (Lipinski definition) is 4. The number of nitro groups is 1. The van der Waals surface area contributed by atoms with Crippen molar-refractivity contribution in [2.75, 3.05) is 5.32 Å². The summed E-state index contributed by atoms with van der Waals surface area (Å²) in [6.45, 7) is 0.574. The second kappa shape index (κ2) is 5.71. The first-order chi connectivity index (χ1) is 10.1. The van der Waals surface area contributed by atoms with Gasteiger partial charge in [-0.05, 0) is 28.5 Å². The highest BCUT2D eigenvalue weighted by atomic mass is 35.5. The van der Waals surface area contributed by atoms with Crippen molar-refractivity contribution in [2.24, 2.45) is 0 Å². The van der Waals surface area contributed by atoms with E-state index in [0.717, 1.165) is 5.56 Å². The van der Waals surface area contributed by atoms with Crippen LogP contribution < -0.4 is 5.32 Å². The number of thiophene rings is 1. The molecule has 0 unspecified atom stereocenters. The Labute approximate surface area is 130 Å². The molecule has 3 aromatic rings. The fourth-order valence-electron chi connectivity index (χ4n) is 2.12. The smallest absolute Gasteiger partial charge is 0.271 e. The average Bonchev–Trinajstić information content (AvgIpc) is 2.89. The molecule has 0 atom stereocenters. The van der Waals surface area contributed by atoms with E-state index in [4.69, 9.17) is 11.6 Å². The standard InChI is InChI=1S/C15H11ClN2O2S/c16-13-6-5-11(18(19)20)7-14(13)17-8-10-9-21-15-4-2-1-3-12(10)15/h1-7,9,17H,8H2. The Kier molecular flexibility index (Phi) is 3.77. The third kappa shape index (κ3) is 2.84. The van der Waals surface area contributed by atoms with E-state index in [2.05, 4.69) is 22.8 Å². The van der Waals surface area contributed by atoms with Gasteiger partial charge < -0.3 is 5.32 Å². The number of fused-ring (bicyclic) bond motifs is 1. The summed E-state index contributed by atoms with van der Waals surface area (Å²) in [6.07, 6.45) is 0. The lowest BCUT2D eigenvalue weighted by Gasteiger charge is -2.07. The number of nitro benzene ring substituents is 1. The highest BCUT2D eigenvalue weighted by Crippen LogP contribution is 2.29. The maximum atomic E-state index is 10.8. The summed E-state index contributed by atoms with van der Waals surface area (Å²) in [6, 6.07) is 12.5. The Hall–Kier alpha value is -2.11. The van der Waals surface area contributed by atoms with Gasteiger partial charge in [-0.1, -0.05) is 29.8 Å². The van der Waals surface area contributed by atoms with Crippen molar-refractivity contribution >= 4 is 44.4 Å². The SMILES string of the molecule is O=[N+]([O-])c1ccc(Cl)c(NCc2csc3ccccc23)c1. The lowest BCUT2D eigenvalue weighted by atomic mass is 10.2. The molecular weight excluding hydrogens is 308 g/mol. The van der Waals surface area contributed by atoms with E-state index < -0.39 is 4.92 Å². The first-order valence-corrected chi connectivity index (χ1v) is 7.54. The second-order valence-electron chi connectivity index (χ2n) is 4.53. The van der Waals surface area contributed by atoms with Crippen molar-refractivity contribution in [3.05, 3.63) is 68.5 Å². The summed E-state index contributed by atoms with van der Waals surface area (Å²) in [7, 11) is 0. The zero-order chi connectivity index (χ0) is 14.8. The van der Waals surface area contributed by atoms with Gasteiger partial charge in [0, 0.05) is 23.4 Å². The quantitative estimate of drug-likeness (QED) is 0.539. The third-order valence-corrected chi connectivity index (χ3v) is 4.53. The van der Waals surface area contributed by atoms with E-state index in [1.165, 1.54) is 28.3 Å². The molecule has 0 aliphatic heterocycles. The minimum Gasteiger partial charge on any atom is -0.380 e. The van der Waals surface area contributed by atoms with Crippen molar-refractivity contribution in [1.29, 1.82) is 0 Å². The van der Waals surface area contributed by atoms with Crippen LogP contribution >= 0.6 is 22.9 Å². The van der Waals surface area contributed by atoms with Crippen LogP contribution in [-0.4, -0.2) is 4.92 Å². The van der Waals surface area contributed by atoms with Crippen molar-refractivity contribution in [3.63, 3.8) is 0 Å². The molecule has 0 fully saturated rings. The molecule has 2 aromatic carbocycles. The number of non-ortho nitro benzene ring substituents is 1. The molecule has 0 saturated carbocycles. The van der Waals surface area contributed by atoms with Crippen molar-refractivity contribution in [1.82, 2.24) is 0 Å². The Morgan fingerprint density at radius 1 is 1.24 bits per heavy atom. The fourth-order valence-corrected chi connectivity index (χ4v) is 3.27. The Bertz CT molecular complexity index is 816. The molecular formula is C15H11ClN2O2S. The largest absolute Gasteiger partial charge is 0.380 e. The van der Waals surface area contributed by atoms with Crippen LogP contribution in [0.15, 0.2) is 47.8 Å². The van der Waals surface area contributed by atoms with Crippen LogP contribution in [0.1, 0.15) is 5.56 Å². The fraction of sp³-hybridized carbons (Fsp3) is 0.0667. The van der Waals surface area contributed by atoms with Crippen molar-refractivity contribution < 1.29 is 4.92 Å². The van der Waals surface area contributed by atoms with Crippen LogP contribution in [0, 0.1) is 10.1 Å². The number of nitrogens with zero attached hydrogens (tertiary/aromatic N) is 1. The molecule has 0 saturated heterocycles. The van der Waals surface area contributed by atoms with Crippen LogP contribution in [0.25, 0.3) is 10.1 Å². The van der Waals surface area contributed by atoms with Gasteiger partial charge in [0.25, 0.3) is 5.69 Å². The van der Waals surface area contributed by atoms with Crippen LogP contribution in [0.4, 0.5) is 11.4 Å². The first-order valence-electron chi connectivity index (χ1n) is 6.28. The van der Waals surface area contributed by atoms with E-state index >= 15 is 0 Å². The van der Waals surface area contributed by atoms with E-state index in [9.17, 15) is 10.1 Å². The summed E-state index contributed by atoms with van der Waals surface area (Å²) in [5.74, 6) is 0. The van der Waals surface area contributed by atoms with Gasteiger partial charge in [0.15, 0.2) is 0 Å². The van der Waals surface area contributed by atoms with Gasteiger partial charge in [0.2, 0.25) is 0 Å². The van der Waals surface area contributed by atoms with Gasteiger partial charge in [-0.2, -0.15) is 0 Å². The number of benzene rings is 2. The summed E-state index contributed by atoms with van der Waals surface area (Å²) >= 11 is 7.76. The number of anilines is 1. The maximum Gasteiger partial charge on any atom is 0.271 e. The lowest BCUT2D eigenvalue weighted by molar-refractivity contribution is -0.384. The van der Waals surface area contributed by atoms with Crippen LogP contribution in [-0.2, 0) is 6.54 Å². The predicted octanol–water partition coefficient (Wildman–Crippen LogP) is 5.08. The van der Waals surface area contributed by atoms with Crippen LogP contribution in [0.3, 0.4) is 0 Å². The van der Waals surface area contributed by atoms with E-state index in [-0.39, 0.29) is 5.69 Å². The van der Waals surface area contributed by atoms with Gasteiger partial charge in [0.05, 0.1) is 15.6 Å². The summed E-state index contributed by atoms with van der Waals surface area (Å²) < 4.78 is 1.22. The molecule has 21 heavy (non-hydrogen) atoms. The predicted molar refractivity (Wildman–Crippen MR) is 87.3 cm³/mol. The summed E-state index contributed by atoms with van der Waals surface area (Å²) in [5, 5.41) is 17.7. The minimum atomic E-state index is -0.429. The highest BCUT2D eigenvalue weighted by Gasteiger charge is 2.10. The molecule has 0 aliphatic carbocycles. The number of halogens is 1.